The number of carbonyl (C=O) groups is 1. The molecule has 1 rings (SSSR count). The van der Waals surface area contributed by atoms with Gasteiger partial charge in [-0.25, -0.2) is 0 Å². The van der Waals surface area contributed by atoms with Crippen LogP contribution >= 0.6 is 0 Å². The van der Waals surface area contributed by atoms with E-state index in [1.54, 1.807) is 12.4 Å². The lowest BCUT2D eigenvalue weighted by molar-refractivity contribution is -0.136. The first-order valence-electron chi connectivity index (χ1n) is 4.23. The summed E-state index contributed by atoms with van der Waals surface area (Å²) >= 11 is 0. The van der Waals surface area contributed by atoms with E-state index >= 15 is 0 Å². The van der Waals surface area contributed by atoms with Gasteiger partial charge in [-0.15, -0.1) is 0 Å². The van der Waals surface area contributed by atoms with Crippen LogP contribution in [0.4, 0.5) is 0 Å². The molecule has 0 atom stereocenters. The Morgan fingerprint density at radius 2 is 1.92 bits per heavy atom. The van der Waals surface area contributed by atoms with Gasteiger partial charge in [-0.05, 0) is 37.0 Å². The van der Waals surface area contributed by atoms with Crippen LogP contribution in [0, 0.1) is 13.8 Å². The highest BCUT2D eigenvalue weighted by Gasteiger charge is 2.04. The van der Waals surface area contributed by atoms with E-state index in [0.29, 0.717) is 6.42 Å². The summed E-state index contributed by atoms with van der Waals surface area (Å²) in [6, 6.07) is 0. The molecule has 0 saturated carbocycles. The van der Waals surface area contributed by atoms with Gasteiger partial charge in [-0.3, -0.25) is 9.78 Å². The zero-order valence-electron chi connectivity index (χ0n) is 7.87. The molecular weight excluding hydrogens is 166 g/mol. The van der Waals surface area contributed by atoms with Crippen molar-refractivity contribution in [2.75, 3.05) is 0 Å². The molecule has 3 nitrogen and oxygen atoms in total. The predicted molar refractivity (Wildman–Crippen MR) is 49.7 cm³/mol. The van der Waals surface area contributed by atoms with Gasteiger partial charge in [0.25, 0.3) is 0 Å². The molecule has 0 saturated heterocycles. The molecule has 1 aromatic heterocycles. The number of carboxylic acid groups (broad SMARTS) is 1. The van der Waals surface area contributed by atoms with Crippen LogP contribution in [0.1, 0.15) is 23.1 Å². The van der Waals surface area contributed by atoms with Crippen LogP contribution < -0.4 is 0 Å². The third kappa shape index (κ3) is 2.54. The van der Waals surface area contributed by atoms with Crippen molar-refractivity contribution in [2.24, 2.45) is 0 Å². The van der Waals surface area contributed by atoms with E-state index in [0.717, 1.165) is 16.7 Å². The van der Waals surface area contributed by atoms with Crippen molar-refractivity contribution in [3.05, 3.63) is 29.1 Å². The van der Waals surface area contributed by atoms with Crippen molar-refractivity contribution >= 4 is 5.97 Å². The number of aliphatic carboxylic acids is 1. The van der Waals surface area contributed by atoms with E-state index in [2.05, 4.69) is 4.98 Å². The third-order valence-corrected chi connectivity index (χ3v) is 2.08. The largest absolute Gasteiger partial charge is 0.481 e. The monoisotopic (exact) mass is 179 g/mol. The molecule has 1 N–H and O–H groups in total. The molecule has 3 heteroatoms. The van der Waals surface area contributed by atoms with Crippen LogP contribution in [0.3, 0.4) is 0 Å². The standard InChI is InChI=1S/C10H13NO2/c1-7-5-11-6-8(2)9(7)3-4-10(12)13/h5-6H,3-4H2,1-2H3,(H,12,13). The molecule has 0 aromatic carbocycles. The number of rotatable bonds is 3. The number of carboxylic acids is 1. The maximum atomic E-state index is 10.4. The summed E-state index contributed by atoms with van der Waals surface area (Å²) in [6.07, 6.45) is 4.32. The molecule has 0 bridgehead atoms. The Morgan fingerprint density at radius 3 is 2.38 bits per heavy atom. The third-order valence-electron chi connectivity index (χ3n) is 2.08. The van der Waals surface area contributed by atoms with Gasteiger partial charge in [0.05, 0.1) is 0 Å². The van der Waals surface area contributed by atoms with E-state index in [1.807, 2.05) is 13.8 Å². The average molecular weight is 179 g/mol. The lowest BCUT2D eigenvalue weighted by atomic mass is 10.0. The quantitative estimate of drug-likeness (QED) is 0.768. The second-order valence-corrected chi connectivity index (χ2v) is 3.15. The van der Waals surface area contributed by atoms with Gasteiger partial charge in [-0.1, -0.05) is 0 Å². The van der Waals surface area contributed by atoms with Crippen molar-refractivity contribution in [1.82, 2.24) is 4.98 Å². The molecule has 70 valence electrons. The minimum absolute atomic E-state index is 0.186. The molecule has 0 aliphatic carbocycles. The number of hydrogen-bond acceptors (Lipinski definition) is 2. The summed E-state index contributed by atoms with van der Waals surface area (Å²) in [5.41, 5.74) is 3.25. The maximum absolute atomic E-state index is 10.4. The fourth-order valence-electron chi connectivity index (χ4n) is 1.35. The molecule has 0 amide bonds. The Labute approximate surface area is 77.4 Å². The van der Waals surface area contributed by atoms with E-state index in [1.165, 1.54) is 0 Å². The highest BCUT2D eigenvalue weighted by atomic mass is 16.4. The number of aromatic nitrogens is 1. The number of hydrogen-bond donors (Lipinski definition) is 1. The fraction of sp³-hybridized carbons (Fsp3) is 0.400. The van der Waals surface area contributed by atoms with Crippen LogP contribution in [0.25, 0.3) is 0 Å². The minimum Gasteiger partial charge on any atom is -0.481 e. The summed E-state index contributed by atoms with van der Waals surface area (Å²) in [6.45, 7) is 3.91. The fourth-order valence-corrected chi connectivity index (χ4v) is 1.35. The van der Waals surface area contributed by atoms with Gasteiger partial charge in [-0.2, -0.15) is 0 Å². The Morgan fingerprint density at radius 1 is 1.38 bits per heavy atom. The lowest BCUT2D eigenvalue weighted by Crippen LogP contribution is -2.01. The Bertz CT molecular complexity index is 300. The summed E-state index contributed by atoms with van der Waals surface area (Å²) in [7, 11) is 0. The Hall–Kier alpha value is -1.38. The smallest absolute Gasteiger partial charge is 0.303 e. The summed E-state index contributed by atoms with van der Waals surface area (Å²) < 4.78 is 0. The molecule has 0 radical (unpaired) electrons. The predicted octanol–water partition coefficient (Wildman–Crippen LogP) is 1.72. The second-order valence-electron chi connectivity index (χ2n) is 3.15. The maximum Gasteiger partial charge on any atom is 0.303 e. The van der Waals surface area contributed by atoms with Crippen LogP contribution in [-0.2, 0) is 11.2 Å². The van der Waals surface area contributed by atoms with E-state index in [4.69, 9.17) is 5.11 Å². The van der Waals surface area contributed by atoms with Gasteiger partial charge in [0.2, 0.25) is 0 Å². The van der Waals surface area contributed by atoms with E-state index in [-0.39, 0.29) is 6.42 Å². The Balaban J connectivity index is 2.81. The second kappa shape index (κ2) is 4.03. The number of pyridine rings is 1. The Kier molecular flexibility index (Phi) is 3.01. The molecule has 13 heavy (non-hydrogen) atoms. The van der Waals surface area contributed by atoms with Crippen molar-refractivity contribution < 1.29 is 9.90 Å². The zero-order chi connectivity index (χ0) is 9.84. The normalized spacial score (nSPS) is 10.0. The van der Waals surface area contributed by atoms with Crippen molar-refractivity contribution in [2.45, 2.75) is 26.7 Å². The van der Waals surface area contributed by atoms with Crippen molar-refractivity contribution in [3.63, 3.8) is 0 Å². The highest BCUT2D eigenvalue weighted by molar-refractivity contribution is 5.67. The topological polar surface area (TPSA) is 50.2 Å². The summed E-state index contributed by atoms with van der Waals surface area (Å²) in [5, 5.41) is 8.54. The van der Waals surface area contributed by atoms with Crippen LogP contribution in [-0.4, -0.2) is 16.1 Å². The molecule has 1 heterocycles. The van der Waals surface area contributed by atoms with Crippen LogP contribution in [0.5, 0.6) is 0 Å². The molecule has 0 aliphatic heterocycles. The van der Waals surface area contributed by atoms with Crippen LogP contribution in [0.15, 0.2) is 12.4 Å². The van der Waals surface area contributed by atoms with E-state index in [9.17, 15) is 4.79 Å². The van der Waals surface area contributed by atoms with Crippen molar-refractivity contribution in [1.29, 1.82) is 0 Å². The van der Waals surface area contributed by atoms with Crippen LogP contribution in [0.2, 0.25) is 0 Å². The average Bonchev–Trinajstić information content (AvgIpc) is 2.03. The molecule has 0 spiro atoms. The van der Waals surface area contributed by atoms with E-state index < -0.39 is 5.97 Å². The van der Waals surface area contributed by atoms with Gasteiger partial charge >= 0.3 is 5.97 Å². The van der Waals surface area contributed by atoms with Gasteiger partial charge in [0, 0.05) is 18.8 Å². The molecule has 0 unspecified atom stereocenters. The number of nitrogens with zero attached hydrogens (tertiary/aromatic N) is 1. The molecule has 0 aliphatic rings. The first-order chi connectivity index (χ1) is 6.11. The lowest BCUT2D eigenvalue weighted by Gasteiger charge is -2.06. The van der Waals surface area contributed by atoms with Gasteiger partial charge < -0.3 is 5.11 Å². The molecular formula is C10H13NO2. The summed E-state index contributed by atoms with van der Waals surface area (Å²) in [5.74, 6) is -0.754. The molecule has 0 fully saturated rings. The van der Waals surface area contributed by atoms with Crippen molar-refractivity contribution in [3.8, 4) is 0 Å². The minimum atomic E-state index is -0.754. The van der Waals surface area contributed by atoms with Gasteiger partial charge in [0.15, 0.2) is 0 Å². The zero-order valence-corrected chi connectivity index (χ0v) is 7.87. The first kappa shape index (κ1) is 9.71. The first-order valence-corrected chi connectivity index (χ1v) is 4.23. The van der Waals surface area contributed by atoms with Gasteiger partial charge in [0.1, 0.15) is 0 Å². The summed E-state index contributed by atoms with van der Waals surface area (Å²) in [4.78, 5) is 14.4. The highest BCUT2D eigenvalue weighted by Crippen LogP contribution is 2.13. The SMILES string of the molecule is Cc1cncc(C)c1CCC(=O)O. The molecule has 1 aromatic rings. The number of aryl methyl sites for hydroxylation is 2.